The fourth-order valence-electron chi connectivity index (χ4n) is 5.03. The van der Waals surface area contributed by atoms with E-state index >= 15 is 0 Å². The first kappa shape index (κ1) is 32.6. The maximum atomic E-state index is 11.2. The summed E-state index contributed by atoms with van der Waals surface area (Å²) in [5.74, 6) is 0.133. The third-order valence-corrected chi connectivity index (χ3v) is 18.5. The summed E-state index contributed by atoms with van der Waals surface area (Å²) in [5.41, 5.74) is 1.07. The Morgan fingerprint density at radius 2 is 1.46 bits per heavy atom. The molecule has 0 N–H and O–H groups in total. The molecule has 0 bridgehead atoms. The van der Waals surface area contributed by atoms with Crippen molar-refractivity contribution in [2.45, 2.75) is 150 Å². The molecule has 1 saturated carbocycles. The molecule has 206 valence electrons. The second kappa shape index (κ2) is 11.1. The van der Waals surface area contributed by atoms with Gasteiger partial charge in [0.2, 0.25) is 0 Å². The van der Waals surface area contributed by atoms with E-state index in [0.717, 1.165) is 25.7 Å². The van der Waals surface area contributed by atoms with Gasteiger partial charge in [0.1, 0.15) is 6.61 Å². The van der Waals surface area contributed by atoms with E-state index in [4.69, 9.17) is 13.6 Å². The van der Waals surface area contributed by atoms with Crippen LogP contribution in [0.1, 0.15) is 102 Å². The quantitative estimate of drug-likeness (QED) is 0.171. The molecule has 1 rings (SSSR count). The number of carbonyl (C=O) groups excluding carboxylic acids is 1. The molecule has 0 spiro atoms. The smallest absolute Gasteiger partial charge is 0.302 e. The molecule has 0 saturated heterocycles. The Morgan fingerprint density at radius 1 is 0.943 bits per heavy atom. The molecule has 0 amide bonds. The molecule has 0 aliphatic heterocycles. The normalized spacial score (nSPS) is 26.5. The summed E-state index contributed by atoms with van der Waals surface area (Å²) in [6.07, 6.45) is 6.37. The fraction of sp³-hybridized carbons (Fsp3) is 0.897. The van der Waals surface area contributed by atoms with Crippen LogP contribution in [0.15, 0.2) is 11.6 Å². The van der Waals surface area contributed by atoms with Crippen LogP contribution < -0.4 is 0 Å². The molecule has 0 aromatic rings. The van der Waals surface area contributed by atoms with Crippen LogP contribution in [0.2, 0.25) is 36.3 Å². The number of rotatable bonds is 9. The van der Waals surface area contributed by atoms with E-state index in [0.29, 0.717) is 12.5 Å². The van der Waals surface area contributed by atoms with Gasteiger partial charge in [-0.05, 0) is 93.2 Å². The third-order valence-electron chi connectivity index (χ3n) is 9.45. The molecule has 1 fully saturated rings. The first-order valence-corrected chi connectivity index (χ1v) is 19.4. The summed E-state index contributed by atoms with van der Waals surface area (Å²) in [6.45, 7) is 34.6. The predicted octanol–water partition coefficient (Wildman–Crippen LogP) is 8.88. The standard InChI is InChI=1S/C29H58O4Si2/c1-22(19-21-31-23(2)30)16-17-24-28(9,10)25(32-34(12,13)26(3,4)5)18-20-29(24,11)33-35(14,15)27(6,7)8/h19,24-25H,16-18,20-21H2,1-15H3/b22-19+/t24-,25-,29+/m1/s1. The SMILES string of the molecule is CC(=O)OC/C=C(\C)CC[C@@H]1C(C)(C)[C@H](O[Si](C)(C)C(C)(C)C)CC[C@]1(C)O[Si](C)(C)C(C)(C)C. The van der Waals surface area contributed by atoms with Crippen molar-refractivity contribution in [3.05, 3.63) is 11.6 Å². The van der Waals surface area contributed by atoms with Crippen LogP contribution in [-0.2, 0) is 18.4 Å². The van der Waals surface area contributed by atoms with Gasteiger partial charge >= 0.3 is 5.97 Å². The Labute approximate surface area is 220 Å². The summed E-state index contributed by atoms with van der Waals surface area (Å²) in [7, 11) is -3.86. The fourth-order valence-corrected chi connectivity index (χ4v) is 8.23. The summed E-state index contributed by atoms with van der Waals surface area (Å²) in [5, 5.41) is 0.353. The lowest BCUT2D eigenvalue weighted by atomic mass is 9.59. The van der Waals surface area contributed by atoms with Crippen molar-refractivity contribution >= 4 is 22.6 Å². The Balaban J connectivity index is 3.31. The number of hydrogen-bond donors (Lipinski definition) is 0. The molecule has 4 nitrogen and oxygen atoms in total. The minimum absolute atomic E-state index is 0.0128. The Morgan fingerprint density at radius 3 is 1.91 bits per heavy atom. The predicted molar refractivity (Wildman–Crippen MR) is 155 cm³/mol. The Hall–Kier alpha value is -0.436. The maximum absolute atomic E-state index is 11.2. The monoisotopic (exact) mass is 526 g/mol. The van der Waals surface area contributed by atoms with Crippen LogP contribution in [0.4, 0.5) is 0 Å². The van der Waals surface area contributed by atoms with Crippen molar-refractivity contribution in [1.82, 2.24) is 0 Å². The second-order valence-corrected chi connectivity index (χ2v) is 24.3. The Bertz CT molecular complexity index is 756. The lowest BCUT2D eigenvalue weighted by Gasteiger charge is -2.59. The van der Waals surface area contributed by atoms with Gasteiger partial charge in [0.05, 0.1) is 11.7 Å². The van der Waals surface area contributed by atoms with E-state index in [1.807, 2.05) is 6.08 Å². The largest absolute Gasteiger partial charge is 0.462 e. The minimum atomic E-state index is -1.96. The van der Waals surface area contributed by atoms with E-state index in [-0.39, 0.29) is 33.2 Å². The van der Waals surface area contributed by atoms with Gasteiger partial charge in [-0.15, -0.1) is 0 Å². The van der Waals surface area contributed by atoms with Gasteiger partial charge in [0, 0.05) is 6.92 Å². The van der Waals surface area contributed by atoms with Crippen LogP contribution in [0, 0.1) is 11.3 Å². The molecule has 0 aromatic heterocycles. The van der Waals surface area contributed by atoms with Crippen LogP contribution >= 0.6 is 0 Å². The number of allylic oxidation sites excluding steroid dienone is 1. The zero-order valence-corrected chi connectivity index (χ0v) is 27.9. The molecule has 0 heterocycles. The van der Waals surface area contributed by atoms with E-state index in [1.54, 1.807) is 0 Å². The molecular weight excluding hydrogens is 468 g/mol. The van der Waals surface area contributed by atoms with Crippen LogP contribution in [0.25, 0.3) is 0 Å². The average Bonchev–Trinajstić information content (AvgIpc) is 2.61. The highest BCUT2D eigenvalue weighted by atomic mass is 28.4. The van der Waals surface area contributed by atoms with Gasteiger partial charge < -0.3 is 13.6 Å². The van der Waals surface area contributed by atoms with Crippen molar-refractivity contribution in [3.8, 4) is 0 Å². The second-order valence-electron chi connectivity index (χ2n) is 14.8. The van der Waals surface area contributed by atoms with Crippen molar-refractivity contribution in [2.24, 2.45) is 11.3 Å². The van der Waals surface area contributed by atoms with Gasteiger partial charge in [0.15, 0.2) is 16.6 Å². The van der Waals surface area contributed by atoms with Gasteiger partial charge in [-0.2, -0.15) is 0 Å². The van der Waals surface area contributed by atoms with Gasteiger partial charge in [-0.25, -0.2) is 0 Å². The topological polar surface area (TPSA) is 44.8 Å². The van der Waals surface area contributed by atoms with Crippen molar-refractivity contribution in [3.63, 3.8) is 0 Å². The summed E-state index contributed by atoms with van der Waals surface area (Å²) in [4.78, 5) is 11.2. The number of ether oxygens (including phenoxy) is 1. The molecule has 1 aliphatic carbocycles. The summed E-state index contributed by atoms with van der Waals surface area (Å²) >= 11 is 0. The number of carbonyl (C=O) groups is 1. The zero-order valence-electron chi connectivity index (χ0n) is 25.9. The molecule has 0 aromatic carbocycles. The van der Waals surface area contributed by atoms with E-state index in [9.17, 15) is 4.79 Å². The van der Waals surface area contributed by atoms with E-state index in [1.165, 1.54) is 12.5 Å². The van der Waals surface area contributed by atoms with Gasteiger partial charge in [-0.3, -0.25) is 4.79 Å². The van der Waals surface area contributed by atoms with Crippen molar-refractivity contribution in [2.75, 3.05) is 6.61 Å². The van der Waals surface area contributed by atoms with Crippen LogP contribution in [0.3, 0.4) is 0 Å². The third kappa shape index (κ3) is 8.28. The molecular formula is C29H58O4Si2. The molecule has 3 atom stereocenters. The molecule has 0 unspecified atom stereocenters. The van der Waals surface area contributed by atoms with Crippen molar-refractivity contribution in [1.29, 1.82) is 0 Å². The highest BCUT2D eigenvalue weighted by molar-refractivity contribution is 6.74. The lowest BCUT2D eigenvalue weighted by molar-refractivity contribution is -0.139. The van der Waals surface area contributed by atoms with Crippen LogP contribution in [0.5, 0.6) is 0 Å². The average molecular weight is 527 g/mol. The molecule has 6 heteroatoms. The van der Waals surface area contributed by atoms with Gasteiger partial charge in [-0.1, -0.05) is 61.0 Å². The molecule has 0 radical (unpaired) electrons. The molecule has 35 heavy (non-hydrogen) atoms. The summed E-state index contributed by atoms with van der Waals surface area (Å²) in [6, 6.07) is 0. The van der Waals surface area contributed by atoms with Gasteiger partial charge in [0.25, 0.3) is 0 Å². The number of esters is 1. The van der Waals surface area contributed by atoms with Crippen LogP contribution in [-0.4, -0.2) is 40.9 Å². The highest BCUT2D eigenvalue weighted by Gasteiger charge is 2.56. The maximum Gasteiger partial charge on any atom is 0.302 e. The Kier molecular flexibility index (Phi) is 10.4. The first-order chi connectivity index (χ1) is 15.5. The van der Waals surface area contributed by atoms with Crippen molar-refractivity contribution < 1.29 is 18.4 Å². The molecule has 1 aliphatic rings. The van der Waals surface area contributed by atoms with E-state index in [2.05, 4.69) is 95.4 Å². The highest BCUT2D eigenvalue weighted by Crippen LogP contribution is 2.55. The first-order valence-electron chi connectivity index (χ1n) is 13.6. The number of hydrogen-bond acceptors (Lipinski definition) is 4. The zero-order chi connectivity index (χ0) is 27.7. The minimum Gasteiger partial charge on any atom is -0.462 e. The van der Waals surface area contributed by atoms with E-state index < -0.39 is 16.6 Å². The lowest BCUT2D eigenvalue weighted by Crippen LogP contribution is -2.61. The summed E-state index contributed by atoms with van der Waals surface area (Å²) < 4.78 is 19.5.